The standard InChI is InChI=1S/C27H32N2O4/c1-2-23-24(26(31)33-18-20-12-7-4-8-13-20)25(21-14-9-15-22(30)16-21)28-27(32)29(23)17-19-10-5-3-6-11-19/h3,5-6,9-11,14-16,20,25,30H,2,4,7-8,12-13,17-18H2,1H3,(H,28,32). The molecule has 2 amide bonds. The fourth-order valence-electron chi connectivity index (χ4n) is 4.84. The number of phenols is 1. The van der Waals surface area contributed by atoms with Crippen LogP contribution in [-0.4, -0.2) is 28.6 Å². The Bertz CT molecular complexity index is 1010. The maximum absolute atomic E-state index is 13.5. The highest BCUT2D eigenvalue weighted by atomic mass is 16.5. The van der Waals surface area contributed by atoms with Crippen LogP contribution in [-0.2, 0) is 16.1 Å². The fraction of sp³-hybridized carbons (Fsp3) is 0.407. The summed E-state index contributed by atoms with van der Waals surface area (Å²) in [6, 6.07) is 15.4. The van der Waals surface area contributed by atoms with Gasteiger partial charge in [-0.15, -0.1) is 0 Å². The van der Waals surface area contributed by atoms with Gasteiger partial charge in [0.15, 0.2) is 0 Å². The second kappa shape index (κ2) is 10.6. The van der Waals surface area contributed by atoms with Gasteiger partial charge in [-0.05, 0) is 48.4 Å². The fourth-order valence-corrected chi connectivity index (χ4v) is 4.84. The molecule has 6 heteroatoms. The van der Waals surface area contributed by atoms with Crippen LogP contribution >= 0.6 is 0 Å². The lowest BCUT2D eigenvalue weighted by Gasteiger charge is -2.36. The number of esters is 1. The van der Waals surface area contributed by atoms with Crippen molar-refractivity contribution in [2.24, 2.45) is 5.92 Å². The van der Waals surface area contributed by atoms with Gasteiger partial charge in [-0.2, -0.15) is 0 Å². The van der Waals surface area contributed by atoms with E-state index in [4.69, 9.17) is 4.74 Å². The minimum atomic E-state index is -0.676. The third-order valence-corrected chi connectivity index (χ3v) is 6.56. The number of rotatable bonds is 7. The number of nitrogens with zero attached hydrogens (tertiary/aromatic N) is 1. The Morgan fingerprint density at radius 2 is 1.85 bits per heavy atom. The third kappa shape index (κ3) is 5.38. The van der Waals surface area contributed by atoms with E-state index in [2.05, 4.69) is 5.32 Å². The van der Waals surface area contributed by atoms with Crippen LogP contribution in [0.15, 0.2) is 65.9 Å². The van der Waals surface area contributed by atoms with E-state index >= 15 is 0 Å². The molecular formula is C27H32N2O4. The number of carbonyl (C=O) groups is 2. The SMILES string of the molecule is CCC1=C(C(=O)OCC2CCCCC2)C(c2cccc(O)c2)NC(=O)N1Cc1ccccc1. The van der Waals surface area contributed by atoms with Gasteiger partial charge in [0.05, 0.1) is 24.8 Å². The normalized spacial score (nSPS) is 19.4. The van der Waals surface area contributed by atoms with E-state index in [9.17, 15) is 14.7 Å². The molecule has 2 aromatic carbocycles. The lowest BCUT2D eigenvalue weighted by Crippen LogP contribution is -2.48. The van der Waals surface area contributed by atoms with Crippen molar-refractivity contribution in [1.29, 1.82) is 0 Å². The summed E-state index contributed by atoms with van der Waals surface area (Å²) in [4.78, 5) is 28.3. The summed E-state index contributed by atoms with van der Waals surface area (Å²) in [6.45, 7) is 2.71. The average molecular weight is 449 g/mol. The Labute approximate surface area is 195 Å². The molecule has 1 aliphatic carbocycles. The number of hydrogen-bond acceptors (Lipinski definition) is 4. The molecule has 0 saturated heterocycles. The van der Waals surface area contributed by atoms with Crippen molar-refractivity contribution >= 4 is 12.0 Å². The van der Waals surface area contributed by atoms with Crippen molar-refractivity contribution in [3.63, 3.8) is 0 Å². The van der Waals surface area contributed by atoms with Crippen LogP contribution in [0.25, 0.3) is 0 Å². The van der Waals surface area contributed by atoms with Gasteiger partial charge in [0.25, 0.3) is 0 Å². The highest BCUT2D eigenvalue weighted by Gasteiger charge is 2.38. The van der Waals surface area contributed by atoms with Crippen molar-refractivity contribution in [1.82, 2.24) is 10.2 Å². The maximum Gasteiger partial charge on any atom is 0.338 e. The number of benzene rings is 2. The van der Waals surface area contributed by atoms with Crippen LogP contribution in [0, 0.1) is 5.92 Å². The van der Waals surface area contributed by atoms with E-state index in [-0.39, 0.29) is 11.8 Å². The summed E-state index contributed by atoms with van der Waals surface area (Å²) in [5, 5.41) is 13.0. The summed E-state index contributed by atoms with van der Waals surface area (Å²) in [7, 11) is 0. The number of amides is 2. The van der Waals surface area contributed by atoms with Gasteiger partial charge in [-0.1, -0.05) is 68.7 Å². The number of carbonyl (C=O) groups excluding carboxylic acids is 2. The molecule has 2 aromatic rings. The smallest absolute Gasteiger partial charge is 0.338 e. The molecule has 1 fully saturated rings. The van der Waals surface area contributed by atoms with Crippen molar-refractivity contribution in [2.75, 3.05) is 6.61 Å². The highest BCUT2D eigenvalue weighted by Crippen LogP contribution is 2.35. The molecule has 1 unspecified atom stereocenters. The first-order chi connectivity index (χ1) is 16.1. The van der Waals surface area contributed by atoms with Gasteiger partial charge < -0.3 is 15.2 Å². The zero-order valence-electron chi connectivity index (χ0n) is 19.1. The zero-order chi connectivity index (χ0) is 23.2. The van der Waals surface area contributed by atoms with E-state index in [1.54, 1.807) is 29.2 Å². The lowest BCUT2D eigenvalue weighted by atomic mass is 9.90. The van der Waals surface area contributed by atoms with Crippen LogP contribution in [0.5, 0.6) is 5.75 Å². The maximum atomic E-state index is 13.5. The number of aromatic hydroxyl groups is 1. The number of phenolic OH excluding ortho intramolecular Hbond substituents is 1. The molecule has 1 saturated carbocycles. The van der Waals surface area contributed by atoms with Crippen molar-refractivity contribution < 1.29 is 19.4 Å². The molecule has 1 aliphatic heterocycles. The molecule has 4 rings (SSSR count). The molecule has 0 aromatic heterocycles. The van der Waals surface area contributed by atoms with Gasteiger partial charge >= 0.3 is 12.0 Å². The molecule has 33 heavy (non-hydrogen) atoms. The molecule has 0 bridgehead atoms. The van der Waals surface area contributed by atoms with Gasteiger partial charge in [0.1, 0.15) is 5.75 Å². The van der Waals surface area contributed by atoms with Crippen LogP contribution < -0.4 is 5.32 Å². The summed E-state index contributed by atoms with van der Waals surface area (Å²) < 4.78 is 5.83. The Balaban J connectivity index is 1.68. The first kappa shape index (κ1) is 22.9. The van der Waals surface area contributed by atoms with Crippen molar-refractivity contribution in [3.05, 3.63) is 77.0 Å². The monoisotopic (exact) mass is 448 g/mol. The highest BCUT2D eigenvalue weighted by molar-refractivity contribution is 5.95. The summed E-state index contributed by atoms with van der Waals surface area (Å²) in [5.74, 6) is 0.0801. The largest absolute Gasteiger partial charge is 0.508 e. The number of nitrogens with one attached hydrogen (secondary N) is 1. The summed E-state index contributed by atoms with van der Waals surface area (Å²) >= 11 is 0. The van der Waals surface area contributed by atoms with E-state index in [1.807, 2.05) is 37.3 Å². The van der Waals surface area contributed by atoms with Gasteiger partial charge in [0, 0.05) is 5.70 Å². The lowest BCUT2D eigenvalue weighted by molar-refractivity contribution is -0.141. The average Bonchev–Trinajstić information content (AvgIpc) is 2.84. The molecule has 6 nitrogen and oxygen atoms in total. The van der Waals surface area contributed by atoms with Gasteiger partial charge in [0.2, 0.25) is 0 Å². The third-order valence-electron chi connectivity index (χ3n) is 6.56. The molecule has 174 valence electrons. The van der Waals surface area contributed by atoms with Crippen LogP contribution in [0.2, 0.25) is 0 Å². The number of ether oxygens (including phenoxy) is 1. The van der Waals surface area contributed by atoms with Crippen molar-refractivity contribution in [3.8, 4) is 5.75 Å². The molecule has 2 N–H and O–H groups in total. The predicted octanol–water partition coefficient (Wildman–Crippen LogP) is 5.45. The molecular weight excluding hydrogens is 416 g/mol. The van der Waals surface area contributed by atoms with E-state index in [0.717, 1.165) is 18.4 Å². The molecule has 1 heterocycles. The minimum absolute atomic E-state index is 0.0847. The molecule has 1 atom stereocenters. The number of allylic oxidation sites excluding steroid dienone is 1. The Hall–Kier alpha value is -3.28. The second-order valence-corrected chi connectivity index (χ2v) is 8.87. The topological polar surface area (TPSA) is 78.9 Å². The van der Waals surface area contributed by atoms with Crippen molar-refractivity contribution in [2.45, 2.75) is 58.0 Å². The van der Waals surface area contributed by atoms with E-state index in [1.165, 1.54) is 19.3 Å². The van der Waals surface area contributed by atoms with Gasteiger partial charge in [-0.3, -0.25) is 4.90 Å². The van der Waals surface area contributed by atoms with Crippen LogP contribution in [0.3, 0.4) is 0 Å². The summed E-state index contributed by atoms with van der Waals surface area (Å²) in [5.41, 5.74) is 2.72. The first-order valence-electron chi connectivity index (χ1n) is 11.9. The summed E-state index contributed by atoms with van der Waals surface area (Å²) in [6.07, 6.45) is 6.27. The molecule has 0 spiro atoms. The number of hydrogen-bond donors (Lipinski definition) is 2. The Morgan fingerprint density at radius 3 is 2.55 bits per heavy atom. The molecule has 2 aliphatic rings. The predicted molar refractivity (Wildman–Crippen MR) is 126 cm³/mol. The number of urea groups is 1. The molecule has 0 radical (unpaired) electrons. The van der Waals surface area contributed by atoms with E-state index in [0.29, 0.717) is 42.3 Å². The van der Waals surface area contributed by atoms with Crippen LogP contribution in [0.1, 0.15) is 62.6 Å². The quantitative estimate of drug-likeness (QED) is 0.553. The second-order valence-electron chi connectivity index (χ2n) is 8.87. The minimum Gasteiger partial charge on any atom is -0.508 e. The first-order valence-corrected chi connectivity index (χ1v) is 11.9. The van der Waals surface area contributed by atoms with Gasteiger partial charge in [-0.25, -0.2) is 9.59 Å². The van der Waals surface area contributed by atoms with Crippen LogP contribution in [0.4, 0.5) is 4.79 Å². The Kier molecular flexibility index (Phi) is 7.33. The Morgan fingerprint density at radius 1 is 1.09 bits per heavy atom. The van der Waals surface area contributed by atoms with E-state index < -0.39 is 12.0 Å². The zero-order valence-corrected chi connectivity index (χ0v) is 19.1.